The number of hydrogen-bond acceptors (Lipinski definition) is 3. The lowest BCUT2D eigenvalue weighted by molar-refractivity contribution is -0.138. The van der Waals surface area contributed by atoms with Gasteiger partial charge >= 0.3 is 12.1 Å². The predicted molar refractivity (Wildman–Crippen MR) is 86.1 cm³/mol. The summed E-state index contributed by atoms with van der Waals surface area (Å²) in [6, 6.07) is 4.91. The SMILES string of the molecule is CCCN1C(=O)/C(=C\c2ccccc2C(F)(F)F)C(C(=O)OC)=C1C. The zero-order chi connectivity index (χ0) is 18.8. The number of esters is 1. The number of benzene rings is 1. The Morgan fingerprint density at radius 1 is 1.28 bits per heavy atom. The molecule has 0 fully saturated rings. The number of hydrogen-bond donors (Lipinski definition) is 0. The van der Waals surface area contributed by atoms with Crippen molar-refractivity contribution in [3.63, 3.8) is 0 Å². The first-order chi connectivity index (χ1) is 11.7. The molecule has 1 aromatic carbocycles. The molecule has 0 saturated carbocycles. The maximum absolute atomic E-state index is 13.2. The number of amides is 1. The van der Waals surface area contributed by atoms with Crippen LogP contribution in [0.3, 0.4) is 0 Å². The van der Waals surface area contributed by atoms with E-state index in [1.807, 2.05) is 6.92 Å². The highest BCUT2D eigenvalue weighted by atomic mass is 19.4. The standard InChI is InChI=1S/C18H18F3NO3/c1-4-9-22-11(2)15(17(24)25-3)13(16(22)23)10-12-7-5-6-8-14(12)18(19,20)21/h5-8,10H,4,9H2,1-3H3/b13-10-. The van der Waals surface area contributed by atoms with E-state index in [0.717, 1.165) is 19.3 Å². The monoisotopic (exact) mass is 353 g/mol. The number of carbonyl (C=O) groups is 2. The van der Waals surface area contributed by atoms with Crippen molar-refractivity contribution in [2.45, 2.75) is 26.4 Å². The summed E-state index contributed by atoms with van der Waals surface area (Å²) >= 11 is 0. The van der Waals surface area contributed by atoms with Crippen LogP contribution in [0.5, 0.6) is 0 Å². The highest BCUT2D eigenvalue weighted by molar-refractivity contribution is 6.16. The molecule has 0 unspecified atom stereocenters. The van der Waals surface area contributed by atoms with Crippen LogP contribution in [0.2, 0.25) is 0 Å². The van der Waals surface area contributed by atoms with Crippen molar-refractivity contribution < 1.29 is 27.5 Å². The van der Waals surface area contributed by atoms with Gasteiger partial charge in [0.1, 0.15) is 0 Å². The Morgan fingerprint density at radius 3 is 2.48 bits per heavy atom. The molecule has 0 atom stereocenters. The van der Waals surface area contributed by atoms with Crippen LogP contribution in [-0.2, 0) is 20.5 Å². The fourth-order valence-electron chi connectivity index (χ4n) is 2.76. The number of methoxy groups -OCH3 is 1. The maximum atomic E-state index is 13.2. The van der Waals surface area contributed by atoms with Crippen molar-refractivity contribution in [2.75, 3.05) is 13.7 Å². The number of allylic oxidation sites excluding steroid dienone is 1. The van der Waals surface area contributed by atoms with Gasteiger partial charge in [-0.15, -0.1) is 0 Å². The molecule has 2 rings (SSSR count). The molecule has 0 bridgehead atoms. The number of alkyl halides is 3. The molecule has 1 aromatic rings. The Morgan fingerprint density at radius 2 is 1.92 bits per heavy atom. The Bertz CT molecular complexity index is 763. The van der Waals surface area contributed by atoms with Gasteiger partial charge in [-0.3, -0.25) is 4.79 Å². The fourth-order valence-corrected chi connectivity index (χ4v) is 2.76. The number of ether oxygens (including phenoxy) is 1. The second kappa shape index (κ2) is 7.13. The van der Waals surface area contributed by atoms with Gasteiger partial charge in [-0.2, -0.15) is 13.2 Å². The van der Waals surface area contributed by atoms with E-state index in [4.69, 9.17) is 4.74 Å². The van der Waals surface area contributed by atoms with Crippen LogP contribution in [0.4, 0.5) is 13.2 Å². The quantitative estimate of drug-likeness (QED) is 0.611. The van der Waals surface area contributed by atoms with E-state index in [9.17, 15) is 22.8 Å². The lowest BCUT2D eigenvalue weighted by Gasteiger charge is -2.16. The second-order valence-electron chi connectivity index (χ2n) is 5.55. The van der Waals surface area contributed by atoms with Crippen LogP contribution < -0.4 is 0 Å². The molecule has 134 valence electrons. The van der Waals surface area contributed by atoms with Gasteiger partial charge in [-0.1, -0.05) is 25.1 Å². The third-order valence-electron chi connectivity index (χ3n) is 3.91. The van der Waals surface area contributed by atoms with Crippen molar-refractivity contribution in [1.29, 1.82) is 0 Å². The minimum Gasteiger partial charge on any atom is -0.465 e. The summed E-state index contributed by atoms with van der Waals surface area (Å²) in [7, 11) is 1.16. The van der Waals surface area contributed by atoms with Gasteiger partial charge < -0.3 is 9.64 Å². The molecule has 0 radical (unpaired) electrons. The molecule has 1 aliphatic rings. The first-order valence-electron chi connectivity index (χ1n) is 7.71. The van der Waals surface area contributed by atoms with Crippen molar-refractivity contribution in [3.05, 3.63) is 52.2 Å². The Labute approximate surface area is 143 Å². The van der Waals surface area contributed by atoms with Gasteiger partial charge in [-0.25, -0.2) is 4.79 Å². The Hall–Kier alpha value is -2.57. The summed E-state index contributed by atoms with van der Waals surface area (Å²) in [6.45, 7) is 3.80. The summed E-state index contributed by atoms with van der Waals surface area (Å²) in [4.78, 5) is 26.1. The van der Waals surface area contributed by atoms with E-state index in [1.54, 1.807) is 6.92 Å². The molecule has 1 heterocycles. The highest BCUT2D eigenvalue weighted by Gasteiger charge is 2.38. The molecule has 25 heavy (non-hydrogen) atoms. The average molecular weight is 353 g/mol. The normalized spacial score (nSPS) is 16.8. The van der Waals surface area contributed by atoms with E-state index in [0.29, 0.717) is 18.7 Å². The van der Waals surface area contributed by atoms with Gasteiger partial charge in [0.25, 0.3) is 5.91 Å². The van der Waals surface area contributed by atoms with E-state index >= 15 is 0 Å². The largest absolute Gasteiger partial charge is 0.465 e. The van der Waals surface area contributed by atoms with Crippen LogP contribution in [0, 0.1) is 0 Å². The van der Waals surface area contributed by atoms with Crippen molar-refractivity contribution in [1.82, 2.24) is 4.90 Å². The first-order valence-corrected chi connectivity index (χ1v) is 7.71. The molecule has 0 saturated heterocycles. The third-order valence-corrected chi connectivity index (χ3v) is 3.91. The summed E-state index contributed by atoms with van der Waals surface area (Å²) in [5, 5.41) is 0. The van der Waals surface area contributed by atoms with Gasteiger partial charge in [0.2, 0.25) is 0 Å². The lowest BCUT2D eigenvalue weighted by atomic mass is 10.00. The Balaban J connectivity index is 2.63. The minimum atomic E-state index is -4.57. The van der Waals surface area contributed by atoms with E-state index < -0.39 is 23.6 Å². The van der Waals surface area contributed by atoms with Gasteiger partial charge in [0, 0.05) is 12.2 Å². The second-order valence-corrected chi connectivity index (χ2v) is 5.55. The predicted octanol–water partition coefficient (Wildman–Crippen LogP) is 3.79. The molecular weight excluding hydrogens is 335 g/mol. The fraction of sp³-hybridized carbons (Fsp3) is 0.333. The number of carbonyl (C=O) groups excluding carboxylic acids is 2. The summed E-state index contributed by atoms with van der Waals surface area (Å²) < 4.78 is 44.3. The molecule has 4 nitrogen and oxygen atoms in total. The smallest absolute Gasteiger partial charge is 0.416 e. The summed E-state index contributed by atoms with van der Waals surface area (Å²) in [5.74, 6) is -1.25. The van der Waals surface area contributed by atoms with Crippen molar-refractivity contribution in [2.24, 2.45) is 0 Å². The van der Waals surface area contributed by atoms with E-state index in [-0.39, 0.29) is 16.7 Å². The van der Waals surface area contributed by atoms with E-state index in [2.05, 4.69) is 0 Å². The van der Waals surface area contributed by atoms with Crippen LogP contribution in [0.25, 0.3) is 6.08 Å². The molecule has 0 spiro atoms. The van der Waals surface area contributed by atoms with Crippen LogP contribution in [0.1, 0.15) is 31.4 Å². The van der Waals surface area contributed by atoms with Gasteiger partial charge in [0.15, 0.2) is 0 Å². The summed E-state index contributed by atoms with van der Waals surface area (Å²) in [5.41, 5.74) is -0.751. The van der Waals surface area contributed by atoms with Crippen LogP contribution in [-0.4, -0.2) is 30.4 Å². The van der Waals surface area contributed by atoms with Gasteiger partial charge in [0.05, 0.1) is 23.8 Å². The number of nitrogens with zero attached hydrogens (tertiary/aromatic N) is 1. The molecule has 0 aliphatic carbocycles. The number of rotatable bonds is 4. The highest BCUT2D eigenvalue weighted by Crippen LogP contribution is 2.36. The maximum Gasteiger partial charge on any atom is 0.416 e. The topological polar surface area (TPSA) is 46.6 Å². The minimum absolute atomic E-state index is 0.00192. The van der Waals surface area contributed by atoms with Crippen LogP contribution in [0.15, 0.2) is 41.1 Å². The zero-order valence-electron chi connectivity index (χ0n) is 14.1. The molecule has 0 aromatic heterocycles. The molecular formula is C18H18F3NO3. The molecule has 1 amide bonds. The van der Waals surface area contributed by atoms with Gasteiger partial charge in [-0.05, 0) is 31.1 Å². The molecule has 7 heteroatoms. The zero-order valence-corrected chi connectivity index (χ0v) is 14.1. The lowest BCUT2D eigenvalue weighted by Crippen LogP contribution is -2.25. The third kappa shape index (κ3) is 3.60. The van der Waals surface area contributed by atoms with E-state index in [1.165, 1.54) is 23.1 Å². The number of halogens is 3. The molecule has 0 N–H and O–H groups in total. The first kappa shape index (κ1) is 18.8. The molecule has 1 aliphatic heterocycles. The van der Waals surface area contributed by atoms with Crippen molar-refractivity contribution in [3.8, 4) is 0 Å². The summed E-state index contributed by atoms with van der Waals surface area (Å²) in [6.07, 6.45) is -2.82. The van der Waals surface area contributed by atoms with Crippen molar-refractivity contribution >= 4 is 18.0 Å². The Kier molecular flexibility index (Phi) is 5.35. The average Bonchev–Trinajstić information content (AvgIpc) is 2.78. The van der Waals surface area contributed by atoms with Crippen LogP contribution >= 0.6 is 0 Å².